The summed E-state index contributed by atoms with van der Waals surface area (Å²) in [6, 6.07) is 17.3. The summed E-state index contributed by atoms with van der Waals surface area (Å²) in [5.74, 6) is -1.29. The fourth-order valence-electron chi connectivity index (χ4n) is 3.08. The number of piperazine rings is 1. The molecule has 0 bridgehead atoms. The Bertz CT molecular complexity index is 925. The van der Waals surface area contributed by atoms with Crippen molar-refractivity contribution in [3.05, 3.63) is 66.7 Å². The van der Waals surface area contributed by atoms with E-state index in [2.05, 4.69) is 22.3 Å². The third-order valence-corrected chi connectivity index (χ3v) is 5.57. The molecule has 0 aromatic heterocycles. The van der Waals surface area contributed by atoms with Gasteiger partial charge in [0.2, 0.25) is 11.8 Å². The van der Waals surface area contributed by atoms with Crippen molar-refractivity contribution in [2.45, 2.75) is 4.90 Å². The maximum atomic E-state index is 12.6. The van der Waals surface area contributed by atoms with E-state index in [1.54, 1.807) is 18.2 Å². The first-order chi connectivity index (χ1) is 14.5. The summed E-state index contributed by atoms with van der Waals surface area (Å²) in [7, 11) is 0. The molecule has 0 aliphatic carbocycles. The number of nitrogens with zero attached hydrogens (tertiary/aromatic N) is 2. The summed E-state index contributed by atoms with van der Waals surface area (Å²) in [4.78, 5) is 39.8. The van der Waals surface area contributed by atoms with Gasteiger partial charge in [-0.2, -0.15) is 0 Å². The van der Waals surface area contributed by atoms with Gasteiger partial charge >= 0.3 is 5.97 Å². The second-order valence-electron chi connectivity index (χ2n) is 6.68. The summed E-state index contributed by atoms with van der Waals surface area (Å²) < 4.78 is 0. The van der Waals surface area contributed by atoms with Gasteiger partial charge < -0.3 is 20.2 Å². The Morgan fingerprint density at radius 1 is 0.967 bits per heavy atom. The van der Waals surface area contributed by atoms with Crippen molar-refractivity contribution < 1.29 is 19.5 Å². The van der Waals surface area contributed by atoms with Crippen LogP contribution in [0.1, 0.15) is 0 Å². The van der Waals surface area contributed by atoms with Gasteiger partial charge in [0.05, 0.1) is 5.75 Å². The number of carboxylic acids is 1. The van der Waals surface area contributed by atoms with E-state index in [0.29, 0.717) is 24.5 Å². The molecule has 0 spiro atoms. The summed E-state index contributed by atoms with van der Waals surface area (Å²) in [5.41, 5.74) is 1.72. The molecular formula is C22H23N3O4S. The molecule has 1 saturated heterocycles. The number of amides is 2. The molecule has 0 radical (unpaired) electrons. The molecule has 1 fully saturated rings. The van der Waals surface area contributed by atoms with Crippen LogP contribution in [-0.4, -0.2) is 59.7 Å². The average molecular weight is 426 g/mol. The standard InChI is InChI=1S/C22H23N3O4S/c26-20(9-10-22(28)29)23-17-5-4-8-19(15-17)30-16-21(27)25-13-11-24(12-14-25)18-6-2-1-3-7-18/h1-10,15H,11-14,16H2,(H,23,26)(H,28,29)/b10-9+. The van der Waals surface area contributed by atoms with Crippen LogP contribution in [0.4, 0.5) is 11.4 Å². The van der Waals surface area contributed by atoms with E-state index in [-0.39, 0.29) is 5.91 Å². The highest BCUT2D eigenvalue weighted by molar-refractivity contribution is 8.00. The summed E-state index contributed by atoms with van der Waals surface area (Å²) in [6.45, 7) is 3.01. The van der Waals surface area contributed by atoms with Crippen LogP contribution >= 0.6 is 11.8 Å². The molecule has 0 saturated carbocycles. The van der Waals surface area contributed by atoms with Gasteiger partial charge in [-0.3, -0.25) is 9.59 Å². The van der Waals surface area contributed by atoms with Crippen molar-refractivity contribution in [3.63, 3.8) is 0 Å². The van der Waals surface area contributed by atoms with Crippen LogP contribution in [-0.2, 0) is 14.4 Å². The molecule has 2 N–H and O–H groups in total. The number of carbonyl (C=O) groups is 3. The van der Waals surface area contributed by atoms with Gasteiger partial charge in [0.15, 0.2) is 0 Å². The summed E-state index contributed by atoms with van der Waals surface area (Å²) in [6.07, 6.45) is 1.74. The predicted molar refractivity (Wildman–Crippen MR) is 118 cm³/mol. The van der Waals surface area contributed by atoms with Crippen LogP contribution in [0.5, 0.6) is 0 Å². The molecule has 3 rings (SSSR count). The second-order valence-corrected chi connectivity index (χ2v) is 7.73. The Balaban J connectivity index is 1.47. The first-order valence-electron chi connectivity index (χ1n) is 9.54. The number of rotatable bonds is 7. The van der Waals surface area contributed by atoms with E-state index >= 15 is 0 Å². The fraction of sp³-hybridized carbons (Fsp3) is 0.227. The van der Waals surface area contributed by atoms with Crippen LogP contribution in [0.3, 0.4) is 0 Å². The van der Waals surface area contributed by atoms with Crippen molar-refractivity contribution in [3.8, 4) is 0 Å². The highest BCUT2D eigenvalue weighted by Gasteiger charge is 2.21. The van der Waals surface area contributed by atoms with Crippen LogP contribution in [0.25, 0.3) is 0 Å². The minimum Gasteiger partial charge on any atom is -0.478 e. The fourth-order valence-corrected chi connectivity index (χ4v) is 3.94. The molecule has 0 atom stereocenters. The van der Waals surface area contributed by atoms with Crippen molar-refractivity contribution >= 4 is 40.9 Å². The van der Waals surface area contributed by atoms with E-state index in [4.69, 9.17) is 5.11 Å². The topological polar surface area (TPSA) is 89.9 Å². The molecule has 7 nitrogen and oxygen atoms in total. The van der Waals surface area contributed by atoms with E-state index in [1.807, 2.05) is 29.2 Å². The normalized spacial score (nSPS) is 14.0. The van der Waals surface area contributed by atoms with E-state index in [9.17, 15) is 14.4 Å². The smallest absolute Gasteiger partial charge is 0.328 e. The van der Waals surface area contributed by atoms with Crippen LogP contribution in [0.2, 0.25) is 0 Å². The maximum Gasteiger partial charge on any atom is 0.328 e. The number of para-hydroxylation sites is 1. The highest BCUT2D eigenvalue weighted by Crippen LogP contribution is 2.23. The molecule has 1 aliphatic rings. The summed E-state index contributed by atoms with van der Waals surface area (Å²) >= 11 is 1.41. The lowest BCUT2D eigenvalue weighted by atomic mass is 10.2. The monoisotopic (exact) mass is 425 g/mol. The lowest BCUT2D eigenvalue weighted by Gasteiger charge is -2.36. The number of nitrogens with one attached hydrogen (secondary N) is 1. The minimum absolute atomic E-state index is 0.0894. The van der Waals surface area contributed by atoms with Crippen LogP contribution in [0, 0.1) is 0 Å². The number of hydrogen-bond donors (Lipinski definition) is 2. The molecule has 2 aromatic rings. The molecular weight excluding hydrogens is 402 g/mol. The van der Waals surface area contributed by atoms with Crippen molar-refractivity contribution in [2.24, 2.45) is 0 Å². The Morgan fingerprint density at radius 2 is 1.70 bits per heavy atom. The van der Waals surface area contributed by atoms with E-state index in [1.165, 1.54) is 17.4 Å². The minimum atomic E-state index is -1.18. The average Bonchev–Trinajstić information content (AvgIpc) is 2.77. The van der Waals surface area contributed by atoms with Crippen LogP contribution in [0.15, 0.2) is 71.6 Å². The highest BCUT2D eigenvalue weighted by atomic mass is 32.2. The number of benzene rings is 2. The SMILES string of the molecule is O=C(O)/C=C/C(=O)Nc1cccc(SCC(=O)N2CCN(c3ccccc3)CC2)c1. The number of anilines is 2. The quantitative estimate of drug-likeness (QED) is 0.524. The van der Waals surface area contributed by atoms with E-state index < -0.39 is 11.9 Å². The number of aliphatic carboxylic acids is 1. The largest absolute Gasteiger partial charge is 0.478 e. The molecule has 30 heavy (non-hydrogen) atoms. The third kappa shape index (κ3) is 6.38. The summed E-state index contributed by atoms with van der Waals surface area (Å²) in [5, 5.41) is 11.2. The molecule has 1 heterocycles. The predicted octanol–water partition coefficient (Wildman–Crippen LogP) is 2.71. The number of thioether (sulfide) groups is 1. The zero-order valence-corrected chi connectivity index (χ0v) is 17.2. The Labute approximate surface area is 179 Å². The van der Waals surface area contributed by atoms with Gasteiger partial charge in [-0.25, -0.2) is 4.79 Å². The number of carbonyl (C=O) groups excluding carboxylic acids is 2. The number of hydrogen-bond acceptors (Lipinski definition) is 5. The number of carboxylic acid groups (broad SMARTS) is 1. The van der Waals surface area contributed by atoms with E-state index in [0.717, 1.165) is 30.1 Å². The van der Waals surface area contributed by atoms with Gasteiger partial charge in [0.1, 0.15) is 0 Å². The van der Waals surface area contributed by atoms with Gasteiger partial charge in [-0.15, -0.1) is 11.8 Å². The third-order valence-electron chi connectivity index (χ3n) is 4.59. The van der Waals surface area contributed by atoms with Crippen molar-refractivity contribution in [1.29, 1.82) is 0 Å². The molecule has 0 unspecified atom stereocenters. The van der Waals surface area contributed by atoms with Gasteiger partial charge in [-0.05, 0) is 30.3 Å². The Hall–Kier alpha value is -3.26. The van der Waals surface area contributed by atoms with Crippen molar-refractivity contribution in [2.75, 3.05) is 42.1 Å². The second kappa shape index (κ2) is 10.5. The van der Waals surface area contributed by atoms with Crippen LogP contribution < -0.4 is 10.2 Å². The molecule has 2 amide bonds. The first kappa shape index (κ1) is 21.4. The zero-order valence-electron chi connectivity index (χ0n) is 16.4. The van der Waals surface area contributed by atoms with Crippen molar-refractivity contribution in [1.82, 2.24) is 4.90 Å². The molecule has 2 aromatic carbocycles. The van der Waals surface area contributed by atoms with Gasteiger partial charge in [-0.1, -0.05) is 24.3 Å². The molecule has 8 heteroatoms. The Kier molecular flexibility index (Phi) is 7.51. The van der Waals surface area contributed by atoms with Gasteiger partial charge in [0, 0.05) is 54.6 Å². The lowest BCUT2D eigenvalue weighted by molar-refractivity contribution is -0.131. The first-order valence-corrected chi connectivity index (χ1v) is 10.5. The maximum absolute atomic E-state index is 12.6. The Morgan fingerprint density at radius 3 is 2.40 bits per heavy atom. The van der Waals surface area contributed by atoms with Gasteiger partial charge in [0.25, 0.3) is 0 Å². The zero-order chi connectivity index (χ0) is 21.3. The molecule has 156 valence electrons. The molecule has 1 aliphatic heterocycles. The lowest BCUT2D eigenvalue weighted by Crippen LogP contribution is -2.49.